The Hall–Kier alpha value is -2.27. The highest BCUT2D eigenvalue weighted by Gasteiger charge is 2.73. The van der Waals surface area contributed by atoms with Crippen LogP contribution in [-0.2, 0) is 81.5 Å². The molecule has 25 atom stereocenters. The normalized spacial score (nSPS) is 54.1. The number of nitrogens with one attached hydrogen (secondary N) is 1. The number of carbonyl (C=O) groups excluding carboxylic acids is 3. The second-order valence-corrected chi connectivity index (χ2v) is 25.2. The lowest BCUT2D eigenvalue weighted by atomic mass is 9.57. The Labute approximate surface area is 422 Å². The van der Waals surface area contributed by atoms with Crippen molar-refractivity contribution in [1.29, 1.82) is 0 Å². The monoisotopic (exact) mass is 1020 g/mol. The molecule has 15 aliphatic rings. The van der Waals surface area contributed by atoms with Crippen LogP contribution < -0.4 is 5.32 Å². The number of hydrogen-bond acceptors (Lipinski definition) is 18. The van der Waals surface area contributed by atoms with Crippen LogP contribution in [0.15, 0.2) is 0 Å². The highest BCUT2D eigenvalue weighted by Crippen LogP contribution is 2.64. The first-order valence-electron chi connectivity index (χ1n) is 27.7. The maximum absolute atomic E-state index is 14.0. The summed E-state index contributed by atoms with van der Waals surface area (Å²) in [6.07, 6.45) is 3.67. The first-order chi connectivity index (χ1) is 34.3. The highest BCUT2D eigenvalue weighted by molar-refractivity contribution is 5.76. The molecule has 0 aromatic rings. The summed E-state index contributed by atoms with van der Waals surface area (Å²) in [5.41, 5.74) is -2.39. The van der Waals surface area contributed by atoms with Crippen molar-refractivity contribution in [3.8, 4) is 0 Å². The third-order valence-electron chi connectivity index (χ3n) is 20.9. The number of fused-ring (bicyclic) bond motifs is 6. The smallest absolute Gasteiger partial charge is 0.462 e. The van der Waals surface area contributed by atoms with Gasteiger partial charge in [0.1, 0.15) is 6.61 Å². The molecule has 12 aliphatic heterocycles. The minimum absolute atomic E-state index is 0.0147. The van der Waals surface area contributed by atoms with Gasteiger partial charge in [0, 0.05) is 42.9 Å². The van der Waals surface area contributed by atoms with Gasteiger partial charge in [0.25, 0.3) is 0 Å². The molecule has 15 fully saturated rings. The van der Waals surface area contributed by atoms with Crippen LogP contribution in [0.5, 0.6) is 0 Å². The molecule has 1 N–H and O–H groups in total. The van der Waals surface area contributed by atoms with Gasteiger partial charge in [-0.05, 0) is 126 Å². The highest BCUT2D eigenvalue weighted by atomic mass is 17.3. The molecule has 15 rings (SSSR count). The lowest BCUT2D eigenvalue weighted by molar-refractivity contribution is -0.576. The Morgan fingerprint density at radius 2 is 0.958 bits per heavy atom. The van der Waals surface area contributed by atoms with Crippen LogP contribution >= 0.6 is 0 Å². The van der Waals surface area contributed by atoms with E-state index in [1.807, 2.05) is 27.7 Å². The van der Waals surface area contributed by atoms with Crippen molar-refractivity contribution in [1.82, 2.24) is 5.32 Å². The Kier molecular flexibility index (Phi) is 12.8. The molecular weight excluding hydrogens is 939 g/mol. The van der Waals surface area contributed by atoms with Gasteiger partial charge in [0.2, 0.25) is 29.6 Å². The summed E-state index contributed by atoms with van der Waals surface area (Å²) >= 11 is 0. The fourth-order valence-electron chi connectivity index (χ4n) is 16.7. The van der Waals surface area contributed by atoms with E-state index in [1.165, 1.54) is 0 Å². The molecule has 3 saturated carbocycles. The van der Waals surface area contributed by atoms with E-state index in [1.54, 1.807) is 0 Å². The molecule has 19 heteroatoms. The molecule has 3 aliphatic carbocycles. The standard InChI is InChI=1S/C53H79NO18/c1-26-10-13-36-29(4)39(60-44-51(36)33(26)16-19-48(7,64-44)67-70-51)22-41(55)54-24-32(59-47(57)63-43-31(6)38-15-12-28(3)35-18-21-50(9)66-46(62-43)53(35,38)72-69-50)25-58-42(56)23-40-30(5)37-14-11-27(2)34-17-20-49(8)65-45(61-40)52(34,37)71-68-49/h26-40,43-46H,10-25H2,1-9H3,(H,54,55)/t26-,27-,28-,29-,30-,31-,32?,33+,34+,35+,36+,37+,38+,39?,40?,43?,44-,45-,46-,48+,49+,50+,51-,52-,53-/m1/s1. The second kappa shape index (κ2) is 18.2. The van der Waals surface area contributed by atoms with E-state index >= 15 is 0 Å². The lowest BCUT2D eigenvalue weighted by Crippen LogP contribution is -2.70. The molecule has 0 aromatic heterocycles. The molecule has 19 nitrogen and oxygen atoms in total. The van der Waals surface area contributed by atoms with E-state index in [0.717, 1.165) is 57.8 Å². The van der Waals surface area contributed by atoms with Crippen molar-refractivity contribution in [2.45, 2.75) is 230 Å². The van der Waals surface area contributed by atoms with Crippen LogP contribution in [0.3, 0.4) is 0 Å². The van der Waals surface area contributed by atoms with E-state index < -0.39 is 89.8 Å². The average Bonchev–Trinajstić information content (AvgIpc) is 3.82. The molecule has 12 saturated heterocycles. The van der Waals surface area contributed by atoms with Crippen molar-refractivity contribution in [3.05, 3.63) is 0 Å². The van der Waals surface area contributed by atoms with E-state index in [2.05, 4.69) is 39.9 Å². The van der Waals surface area contributed by atoms with Crippen LogP contribution in [0.1, 0.15) is 152 Å². The van der Waals surface area contributed by atoms with Crippen LogP contribution in [0, 0.1) is 71.0 Å². The summed E-state index contributed by atoms with van der Waals surface area (Å²) in [4.78, 5) is 78.9. The van der Waals surface area contributed by atoms with Crippen molar-refractivity contribution in [2.75, 3.05) is 13.2 Å². The lowest BCUT2D eigenvalue weighted by Gasteiger charge is -2.60. The van der Waals surface area contributed by atoms with E-state index in [4.69, 9.17) is 72.0 Å². The third-order valence-corrected chi connectivity index (χ3v) is 20.9. The maximum Gasteiger partial charge on any atom is 0.511 e. The zero-order valence-corrected chi connectivity index (χ0v) is 43.6. The zero-order valence-electron chi connectivity index (χ0n) is 43.6. The van der Waals surface area contributed by atoms with Gasteiger partial charge >= 0.3 is 12.1 Å². The number of carbonyl (C=O) groups is 3. The summed E-state index contributed by atoms with van der Waals surface area (Å²) < 4.78 is 57.4. The second-order valence-electron chi connectivity index (χ2n) is 25.2. The van der Waals surface area contributed by atoms with E-state index in [0.29, 0.717) is 37.0 Å². The van der Waals surface area contributed by atoms with Gasteiger partial charge in [0.05, 0.1) is 31.6 Å². The Bertz CT molecular complexity index is 2010. The van der Waals surface area contributed by atoms with Gasteiger partial charge in [-0.1, -0.05) is 41.5 Å². The van der Waals surface area contributed by atoms with E-state index in [9.17, 15) is 14.4 Å². The molecule has 6 bridgehead atoms. The zero-order chi connectivity index (χ0) is 50.3. The molecule has 3 spiro atoms. The fourth-order valence-corrected chi connectivity index (χ4v) is 16.7. The molecule has 0 aromatic carbocycles. The Morgan fingerprint density at radius 3 is 1.43 bits per heavy atom. The first-order valence-corrected chi connectivity index (χ1v) is 27.7. The number of amides is 1. The van der Waals surface area contributed by atoms with Crippen LogP contribution in [0.4, 0.5) is 4.79 Å². The summed E-state index contributed by atoms with van der Waals surface area (Å²) in [6.45, 7) is 18.0. The van der Waals surface area contributed by atoms with Crippen molar-refractivity contribution >= 4 is 18.0 Å². The minimum Gasteiger partial charge on any atom is -0.462 e. The SMILES string of the molecule is C[C@@H]1CC[C@H]2[C@@H](C)C(CC(=O)NCC(COC(=O)CC3O[C@@H]4O[C@]5(C)CC[C@H]6[C@H](C)CC[C@@H]([C@H]3C)[C@@]46OO5)OC(=O)OC3O[C@@H]4O[C@]5(C)CC[C@H]6[C@H](C)CC[C@@H]([C@H]3C)[C@@]46OO5)O[C@@H]3O[C@]4(C)CC[C@@H]1[C@]32OO4. The van der Waals surface area contributed by atoms with Crippen molar-refractivity contribution in [2.24, 2.45) is 71.0 Å². The number of hydrogen-bond donors (Lipinski definition) is 1. The molecule has 12 heterocycles. The summed E-state index contributed by atoms with van der Waals surface area (Å²) in [5, 5.41) is 2.96. The van der Waals surface area contributed by atoms with Gasteiger partial charge in [0.15, 0.2) is 41.8 Å². The van der Waals surface area contributed by atoms with Gasteiger partial charge in [-0.3, -0.25) is 9.59 Å². The van der Waals surface area contributed by atoms with Gasteiger partial charge in [-0.15, -0.1) is 0 Å². The van der Waals surface area contributed by atoms with Crippen LogP contribution in [0.25, 0.3) is 0 Å². The Morgan fingerprint density at radius 1 is 0.528 bits per heavy atom. The van der Waals surface area contributed by atoms with Gasteiger partial charge in [-0.25, -0.2) is 34.1 Å². The number of rotatable bonds is 10. The summed E-state index contributed by atoms with van der Waals surface area (Å²) in [6, 6.07) is 0. The maximum atomic E-state index is 14.0. The Balaban J connectivity index is 0.732. The predicted octanol–water partition coefficient (Wildman–Crippen LogP) is 7.66. The van der Waals surface area contributed by atoms with Gasteiger partial charge in [-0.2, -0.15) is 0 Å². The summed E-state index contributed by atoms with van der Waals surface area (Å²) in [5.74, 6) is -2.65. The van der Waals surface area contributed by atoms with Crippen LogP contribution in [0.2, 0.25) is 0 Å². The van der Waals surface area contributed by atoms with Gasteiger partial charge < -0.3 is 47.9 Å². The average molecular weight is 1020 g/mol. The molecular formula is C53H79NO18. The molecule has 0 radical (unpaired) electrons. The molecule has 72 heavy (non-hydrogen) atoms. The number of esters is 1. The third kappa shape index (κ3) is 7.95. The van der Waals surface area contributed by atoms with Crippen LogP contribution in [-0.4, -0.2) is 109 Å². The first kappa shape index (κ1) is 50.5. The molecule has 1 amide bonds. The predicted molar refractivity (Wildman–Crippen MR) is 245 cm³/mol. The molecule has 4 unspecified atom stereocenters. The molecule has 404 valence electrons. The van der Waals surface area contributed by atoms with Crippen molar-refractivity contribution in [3.63, 3.8) is 0 Å². The van der Waals surface area contributed by atoms with E-state index in [-0.39, 0.29) is 85.2 Å². The topological polar surface area (TPSA) is 202 Å². The quantitative estimate of drug-likeness (QED) is 0.165. The summed E-state index contributed by atoms with van der Waals surface area (Å²) in [7, 11) is 0. The largest absolute Gasteiger partial charge is 0.511 e. The van der Waals surface area contributed by atoms with Crippen molar-refractivity contribution < 1.29 is 86.3 Å². The number of ether oxygens (including phenoxy) is 9. The minimum atomic E-state index is -1.14. The fraction of sp³-hybridized carbons (Fsp3) is 0.943.